The first kappa shape index (κ1) is 13.5. The van der Waals surface area contributed by atoms with Crippen molar-refractivity contribution < 1.29 is 9.59 Å². The predicted octanol–water partition coefficient (Wildman–Crippen LogP) is 0.790. The van der Waals surface area contributed by atoms with E-state index < -0.39 is 17.9 Å². The summed E-state index contributed by atoms with van der Waals surface area (Å²) in [5, 5.41) is 2.96. The summed E-state index contributed by atoms with van der Waals surface area (Å²) in [5.74, 6) is -1.11. The van der Waals surface area contributed by atoms with Crippen LogP contribution in [0, 0.1) is 6.92 Å². The third-order valence-electron chi connectivity index (χ3n) is 2.14. The highest BCUT2D eigenvalue weighted by Gasteiger charge is 2.16. The van der Waals surface area contributed by atoms with E-state index in [0.717, 1.165) is 5.56 Å². The molecule has 0 heterocycles. The van der Waals surface area contributed by atoms with Crippen LogP contribution in [0.25, 0.3) is 0 Å². The van der Waals surface area contributed by atoms with Crippen LogP contribution in [-0.4, -0.2) is 17.9 Å². The van der Waals surface area contributed by atoms with Gasteiger partial charge in [0.25, 0.3) is 0 Å². The van der Waals surface area contributed by atoms with Gasteiger partial charge in [0, 0.05) is 0 Å². The molecule has 0 aliphatic carbocycles. The highest BCUT2D eigenvalue weighted by Crippen LogP contribution is 2.22. The maximum Gasteiger partial charge on any atom is 0.241 e. The zero-order valence-electron chi connectivity index (χ0n) is 9.37. The Balaban J connectivity index is 2.71. The summed E-state index contributed by atoms with van der Waals surface area (Å²) in [5.41, 5.74) is 11.9. The minimum absolute atomic E-state index is 0.199. The van der Waals surface area contributed by atoms with Crippen LogP contribution in [0.15, 0.2) is 18.2 Å². The third kappa shape index (κ3) is 4.05. The molecule has 0 aromatic heterocycles. The summed E-state index contributed by atoms with van der Waals surface area (Å²) in [4.78, 5) is 22.2. The van der Waals surface area contributed by atoms with Gasteiger partial charge in [-0.05, 0) is 24.6 Å². The summed E-state index contributed by atoms with van der Waals surface area (Å²) in [7, 11) is 0. The minimum atomic E-state index is -0.968. The van der Waals surface area contributed by atoms with Gasteiger partial charge in [-0.3, -0.25) is 9.59 Å². The fraction of sp³-hybridized carbons (Fsp3) is 0.273. The number of halogens is 1. The Hall–Kier alpha value is -1.59. The van der Waals surface area contributed by atoms with Crippen molar-refractivity contribution in [3.63, 3.8) is 0 Å². The zero-order valence-corrected chi connectivity index (χ0v) is 10.1. The van der Waals surface area contributed by atoms with E-state index in [1.165, 1.54) is 0 Å². The number of benzene rings is 1. The average molecular weight is 256 g/mol. The van der Waals surface area contributed by atoms with Crippen LogP contribution >= 0.6 is 11.6 Å². The van der Waals surface area contributed by atoms with Gasteiger partial charge in [0.05, 0.1) is 23.2 Å². The average Bonchev–Trinajstić information content (AvgIpc) is 2.21. The van der Waals surface area contributed by atoms with Gasteiger partial charge in [0.1, 0.15) is 0 Å². The summed E-state index contributed by atoms with van der Waals surface area (Å²) in [6.07, 6.45) is -0.199. The predicted molar refractivity (Wildman–Crippen MR) is 66.6 cm³/mol. The summed E-state index contributed by atoms with van der Waals surface area (Å²) in [6.45, 7) is 1.89. The van der Waals surface area contributed by atoms with Crippen LogP contribution < -0.4 is 16.8 Å². The van der Waals surface area contributed by atoms with Crippen molar-refractivity contribution >= 4 is 29.1 Å². The van der Waals surface area contributed by atoms with Crippen molar-refractivity contribution in [1.82, 2.24) is 0 Å². The molecule has 0 bridgehead atoms. The summed E-state index contributed by atoms with van der Waals surface area (Å²) < 4.78 is 0. The second-order valence-corrected chi connectivity index (χ2v) is 4.16. The van der Waals surface area contributed by atoms with Crippen molar-refractivity contribution in [2.75, 3.05) is 5.32 Å². The molecule has 0 radical (unpaired) electrons. The fourth-order valence-electron chi connectivity index (χ4n) is 1.26. The van der Waals surface area contributed by atoms with Crippen LogP contribution in [0.1, 0.15) is 12.0 Å². The largest absolute Gasteiger partial charge is 0.370 e. The fourth-order valence-corrected chi connectivity index (χ4v) is 1.54. The molecule has 0 fully saturated rings. The lowest BCUT2D eigenvalue weighted by Gasteiger charge is -2.12. The normalized spacial score (nSPS) is 11.9. The molecule has 1 atom stereocenters. The van der Waals surface area contributed by atoms with Gasteiger partial charge in [-0.15, -0.1) is 0 Å². The number of primary amides is 1. The van der Waals surface area contributed by atoms with Crippen molar-refractivity contribution in [1.29, 1.82) is 0 Å². The Labute approximate surface area is 104 Å². The number of rotatable bonds is 4. The molecule has 0 saturated carbocycles. The molecule has 0 saturated heterocycles. The lowest BCUT2D eigenvalue weighted by atomic mass is 10.2. The number of carbonyl (C=O) groups is 2. The number of hydrogen-bond acceptors (Lipinski definition) is 3. The molecule has 92 valence electrons. The van der Waals surface area contributed by atoms with Gasteiger partial charge in [0.15, 0.2) is 0 Å². The molecule has 1 aromatic rings. The van der Waals surface area contributed by atoms with Crippen LogP contribution in [0.4, 0.5) is 5.69 Å². The molecule has 0 aliphatic heterocycles. The molecular formula is C11H14ClN3O2. The summed E-state index contributed by atoms with van der Waals surface area (Å²) in [6, 6.07) is 4.23. The van der Waals surface area contributed by atoms with Gasteiger partial charge in [-0.2, -0.15) is 0 Å². The van der Waals surface area contributed by atoms with E-state index in [0.29, 0.717) is 10.7 Å². The van der Waals surface area contributed by atoms with Crippen molar-refractivity contribution in [2.45, 2.75) is 19.4 Å². The maximum atomic E-state index is 11.6. The summed E-state index contributed by atoms with van der Waals surface area (Å²) >= 11 is 5.94. The SMILES string of the molecule is Cc1ccc(NC(=O)C(N)CC(N)=O)c(Cl)c1. The quantitative estimate of drug-likeness (QED) is 0.742. The smallest absolute Gasteiger partial charge is 0.241 e. The van der Waals surface area contributed by atoms with E-state index in [4.69, 9.17) is 23.1 Å². The lowest BCUT2D eigenvalue weighted by Crippen LogP contribution is -2.39. The van der Waals surface area contributed by atoms with E-state index in [1.54, 1.807) is 18.2 Å². The minimum Gasteiger partial charge on any atom is -0.370 e. The number of carbonyl (C=O) groups excluding carboxylic acids is 2. The van der Waals surface area contributed by atoms with Crippen LogP contribution in [0.3, 0.4) is 0 Å². The standard InChI is InChI=1S/C11H14ClN3O2/c1-6-2-3-9(7(12)4-6)15-11(17)8(13)5-10(14)16/h2-4,8H,5,13H2,1H3,(H2,14,16)(H,15,17). The van der Waals surface area contributed by atoms with Crippen molar-refractivity contribution in [3.05, 3.63) is 28.8 Å². The topological polar surface area (TPSA) is 98.2 Å². The number of nitrogens with one attached hydrogen (secondary N) is 1. The van der Waals surface area contributed by atoms with Crippen LogP contribution in [0.5, 0.6) is 0 Å². The Morgan fingerprint density at radius 2 is 2.12 bits per heavy atom. The monoisotopic (exact) mass is 255 g/mol. The molecule has 2 amide bonds. The van der Waals surface area contributed by atoms with E-state index in [-0.39, 0.29) is 6.42 Å². The van der Waals surface area contributed by atoms with Crippen molar-refractivity contribution in [3.8, 4) is 0 Å². The number of amides is 2. The van der Waals surface area contributed by atoms with Gasteiger partial charge >= 0.3 is 0 Å². The van der Waals surface area contributed by atoms with E-state index >= 15 is 0 Å². The first-order valence-corrected chi connectivity index (χ1v) is 5.39. The molecule has 0 spiro atoms. The van der Waals surface area contributed by atoms with E-state index in [2.05, 4.69) is 5.32 Å². The molecule has 1 rings (SSSR count). The number of anilines is 1. The number of hydrogen-bond donors (Lipinski definition) is 3. The number of nitrogens with two attached hydrogens (primary N) is 2. The molecule has 1 unspecified atom stereocenters. The molecular weight excluding hydrogens is 242 g/mol. The van der Waals surface area contributed by atoms with E-state index in [1.807, 2.05) is 6.92 Å². The van der Waals surface area contributed by atoms with Gasteiger partial charge < -0.3 is 16.8 Å². The molecule has 1 aromatic carbocycles. The molecule has 5 N–H and O–H groups in total. The second kappa shape index (κ2) is 5.65. The highest BCUT2D eigenvalue weighted by molar-refractivity contribution is 6.33. The van der Waals surface area contributed by atoms with Crippen molar-refractivity contribution in [2.24, 2.45) is 11.5 Å². The van der Waals surface area contributed by atoms with Gasteiger partial charge in [-0.25, -0.2) is 0 Å². The maximum absolute atomic E-state index is 11.6. The van der Waals surface area contributed by atoms with Gasteiger partial charge in [-0.1, -0.05) is 17.7 Å². The highest BCUT2D eigenvalue weighted by atomic mass is 35.5. The number of aryl methyl sites for hydroxylation is 1. The Bertz CT molecular complexity index is 448. The molecule has 17 heavy (non-hydrogen) atoms. The molecule has 6 heteroatoms. The van der Waals surface area contributed by atoms with Gasteiger partial charge in [0.2, 0.25) is 11.8 Å². The second-order valence-electron chi connectivity index (χ2n) is 3.75. The van der Waals surface area contributed by atoms with Crippen LogP contribution in [-0.2, 0) is 9.59 Å². The Morgan fingerprint density at radius 1 is 1.47 bits per heavy atom. The first-order valence-electron chi connectivity index (χ1n) is 5.01. The molecule has 0 aliphatic rings. The third-order valence-corrected chi connectivity index (χ3v) is 2.45. The first-order chi connectivity index (χ1) is 7.90. The lowest BCUT2D eigenvalue weighted by molar-refractivity contribution is -0.123. The van der Waals surface area contributed by atoms with Crippen LogP contribution in [0.2, 0.25) is 5.02 Å². The Kier molecular flexibility index (Phi) is 4.48. The zero-order chi connectivity index (χ0) is 13.0. The molecule has 5 nitrogen and oxygen atoms in total. The van der Waals surface area contributed by atoms with E-state index in [9.17, 15) is 9.59 Å². The Morgan fingerprint density at radius 3 is 2.65 bits per heavy atom.